The molecule has 1 fully saturated rings. The van der Waals surface area contributed by atoms with Gasteiger partial charge in [0, 0.05) is 19.3 Å². The van der Waals surface area contributed by atoms with Crippen molar-refractivity contribution in [3.8, 4) is 5.69 Å². The molecule has 1 aliphatic rings. The van der Waals surface area contributed by atoms with E-state index in [2.05, 4.69) is 15.3 Å². The van der Waals surface area contributed by atoms with Crippen molar-refractivity contribution < 1.29 is 9.53 Å². The summed E-state index contributed by atoms with van der Waals surface area (Å²) in [6.07, 6.45) is 5.13. The molecule has 138 valence electrons. The number of piperidine rings is 1. The van der Waals surface area contributed by atoms with Gasteiger partial charge in [-0.1, -0.05) is 29.5 Å². The number of benzene rings is 1. The summed E-state index contributed by atoms with van der Waals surface area (Å²) in [4.78, 5) is 19.1. The molecule has 0 spiro atoms. The van der Waals surface area contributed by atoms with Crippen molar-refractivity contribution in [3.63, 3.8) is 0 Å². The molecule has 7 heteroatoms. The maximum atomic E-state index is 13.0. The highest BCUT2D eigenvalue weighted by molar-refractivity contribution is 5.92. The predicted octanol–water partition coefficient (Wildman–Crippen LogP) is 2.48. The second-order valence-electron chi connectivity index (χ2n) is 6.51. The number of likely N-dealkylation sites (tertiary alicyclic amines) is 1. The molecule has 3 heterocycles. The first-order valence-corrected chi connectivity index (χ1v) is 9.08. The number of hydrogen-bond donors (Lipinski definition) is 0. The number of carbonyl (C=O) groups is 1. The quantitative estimate of drug-likeness (QED) is 0.696. The SMILES string of the molecule is O=C(c1cnnn1-c1ccccc1)N1CCCC(OCc2ccccn2)C1. The van der Waals surface area contributed by atoms with Crippen molar-refractivity contribution in [1.82, 2.24) is 24.9 Å². The summed E-state index contributed by atoms with van der Waals surface area (Å²) in [6.45, 7) is 1.73. The van der Waals surface area contributed by atoms with Gasteiger partial charge in [0.1, 0.15) is 0 Å². The third kappa shape index (κ3) is 4.03. The molecule has 0 bridgehead atoms. The van der Waals surface area contributed by atoms with Crippen LogP contribution in [-0.4, -0.2) is 50.0 Å². The van der Waals surface area contributed by atoms with Crippen LogP contribution < -0.4 is 0 Å². The lowest BCUT2D eigenvalue weighted by atomic mass is 10.1. The van der Waals surface area contributed by atoms with Gasteiger partial charge in [-0.3, -0.25) is 9.78 Å². The van der Waals surface area contributed by atoms with Crippen molar-refractivity contribution in [1.29, 1.82) is 0 Å². The van der Waals surface area contributed by atoms with E-state index in [1.807, 2.05) is 53.4 Å². The number of pyridine rings is 1. The van der Waals surface area contributed by atoms with E-state index in [0.717, 1.165) is 24.2 Å². The van der Waals surface area contributed by atoms with Gasteiger partial charge in [-0.05, 0) is 37.1 Å². The van der Waals surface area contributed by atoms with Crippen LogP contribution in [-0.2, 0) is 11.3 Å². The van der Waals surface area contributed by atoms with Crippen LogP contribution in [0.15, 0.2) is 60.9 Å². The number of ether oxygens (including phenoxy) is 1. The van der Waals surface area contributed by atoms with E-state index in [1.54, 1.807) is 10.9 Å². The van der Waals surface area contributed by atoms with Crippen molar-refractivity contribution in [2.24, 2.45) is 0 Å². The van der Waals surface area contributed by atoms with E-state index in [0.29, 0.717) is 25.4 Å². The van der Waals surface area contributed by atoms with Gasteiger partial charge in [0.05, 0.1) is 30.3 Å². The zero-order chi connectivity index (χ0) is 18.5. The minimum absolute atomic E-state index is 0.00534. The second kappa shape index (κ2) is 8.09. The fourth-order valence-electron chi connectivity index (χ4n) is 3.25. The summed E-state index contributed by atoms with van der Waals surface area (Å²) in [7, 11) is 0. The Labute approximate surface area is 157 Å². The fraction of sp³-hybridized carbons (Fsp3) is 0.300. The normalized spacial score (nSPS) is 17.0. The monoisotopic (exact) mass is 363 g/mol. The van der Waals surface area contributed by atoms with Crippen LogP contribution >= 0.6 is 0 Å². The van der Waals surface area contributed by atoms with Crippen LogP contribution in [0.1, 0.15) is 29.0 Å². The maximum absolute atomic E-state index is 13.0. The number of hydrogen-bond acceptors (Lipinski definition) is 5. The molecule has 4 rings (SSSR count). The minimum atomic E-state index is -0.0741. The molecule has 3 aromatic rings. The highest BCUT2D eigenvalue weighted by atomic mass is 16.5. The summed E-state index contributed by atoms with van der Waals surface area (Å²) in [5, 5.41) is 8.01. The van der Waals surface area contributed by atoms with Crippen molar-refractivity contribution in [2.45, 2.75) is 25.6 Å². The predicted molar refractivity (Wildman–Crippen MR) is 99.3 cm³/mol. The first-order valence-electron chi connectivity index (χ1n) is 9.08. The van der Waals surface area contributed by atoms with Gasteiger partial charge in [-0.2, -0.15) is 0 Å². The van der Waals surface area contributed by atoms with Crippen LogP contribution in [0.3, 0.4) is 0 Å². The third-order valence-electron chi connectivity index (χ3n) is 4.63. The lowest BCUT2D eigenvalue weighted by Gasteiger charge is -2.32. The number of aromatic nitrogens is 4. The van der Waals surface area contributed by atoms with Gasteiger partial charge in [-0.15, -0.1) is 5.10 Å². The number of para-hydroxylation sites is 1. The van der Waals surface area contributed by atoms with Crippen LogP contribution in [0, 0.1) is 0 Å². The van der Waals surface area contributed by atoms with Gasteiger partial charge in [0.25, 0.3) is 5.91 Å². The lowest BCUT2D eigenvalue weighted by molar-refractivity contribution is -0.00809. The maximum Gasteiger partial charge on any atom is 0.274 e. The van der Waals surface area contributed by atoms with E-state index < -0.39 is 0 Å². The Morgan fingerprint density at radius 3 is 2.81 bits per heavy atom. The Hall–Kier alpha value is -3.06. The molecule has 1 aliphatic heterocycles. The molecule has 0 radical (unpaired) electrons. The summed E-state index contributed by atoms with van der Waals surface area (Å²) >= 11 is 0. The minimum Gasteiger partial charge on any atom is -0.370 e. The fourth-order valence-corrected chi connectivity index (χ4v) is 3.25. The van der Waals surface area contributed by atoms with Gasteiger partial charge in [-0.25, -0.2) is 4.68 Å². The van der Waals surface area contributed by atoms with E-state index >= 15 is 0 Å². The summed E-state index contributed by atoms with van der Waals surface area (Å²) in [6, 6.07) is 15.3. The first-order chi connectivity index (χ1) is 13.3. The van der Waals surface area contributed by atoms with Crippen LogP contribution in [0.25, 0.3) is 5.69 Å². The average molecular weight is 363 g/mol. The Morgan fingerprint density at radius 2 is 2.00 bits per heavy atom. The molecule has 27 heavy (non-hydrogen) atoms. The molecule has 1 saturated heterocycles. The summed E-state index contributed by atoms with van der Waals surface area (Å²) < 4.78 is 7.57. The van der Waals surface area contributed by atoms with Gasteiger partial charge >= 0.3 is 0 Å². The Bertz CT molecular complexity index is 882. The molecule has 1 unspecified atom stereocenters. The molecular weight excluding hydrogens is 342 g/mol. The molecule has 7 nitrogen and oxygen atoms in total. The van der Waals surface area contributed by atoms with E-state index in [9.17, 15) is 4.79 Å². The first kappa shape index (κ1) is 17.4. The van der Waals surface area contributed by atoms with Gasteiger partial charge < -0.3 is 9.64 Å². The van der Waals surface area contributed by atoms with E-state index in [-0.39, 0.29) is 12.0 Å². The molecule has 1 atom stereocenters. The average Bonchev–Trinajstić information content (AvgIpc) is 3.23. The van der Waals surface area contributed by atoms with Crippen LogP contribution in [0.4, 0.5) is 0 Å². The summed E-state index contributed by atoms with van der Waals surface area (Å²) in [5.74, 6) is -0.0741. The molecular formula is C20H21N5O2. The smallest absolute Gasteiger partial charge is 0.274 e. The zero-order valence-electron chi connectivity index (χ0n) is 14.9. The standard InChI is InChI=1S/C20H21N5O2/c26-20(19-13-22-23-25(19)17-8-2-1-3-9-17)24-12-6-10-18(14-24)27-15-16-7-4-5-11-21-16/h1-5,7-9,11,13,18H,6,10,12,14-15H2. The molecule has 0 aliphatic carbocycles. The second-order valence-corrected chi connectivity index (χ2v) is 6.51. The van der Waals surface area contributed by atoms with E-state index in [1.165, 1.54) is 6.20 Å². The van der Waals surface area contributed by atoms with Crippen molar-refractivity contribution in [2.75, 3.05) is 13.1 Å². The largest absolute Gasteiger partial charge is 0.370 e. The summed E-state index contributed by atoms with van der Waals surface area (Å²) in [5.41, 5.74) is 2.18. The lowest BCUT2D eigenvalue weighted by Crippen LogP contribution is -2.43. The molecule has 0 N–H and O–H groups in total. The topological polar surface area (TPSA) is 73.1 Å². The van der Waals surface area contributed by atoms with Gasteiger partial charge in [0.2, 0.25) is 0 Å². The Kier molecular flexibility index (Phi) is 5.20. The molecule has 1 amide bonds. The molecule has 1 aromatic carbocycles. The number of nitrogens with zero attached hydrogens (tertiary/aromatic N) is 5. The molecule has 2 aromatic heterocycles. The number of rotatable bonds is 5. The molecule has 0 saturated carbocycles. The highest BCUT2D eigenvalue weighted by Gasteiger charge is 2.27. The third-order valence-corrected chi connectivity index (χ3v) is 4.63. The van der Waals surface area contributed by atoms with Crippen molar-refractivity contribution >= 4 is 5.91 Å². The number of amides is 1. The zero-order valence-corrected chi connectivity index (χ0v) is 14.9. The highest BCUT2D eigenvalue weighted by Crippen LogP contribution is 2.18. The Morgan fingerprint density at radius 1 is 1.15 bits per heavy atom. The van der Waals surface area contributed by atoms with E-state index in [4.69, 9.17) is 4.74 Å². The number of carbonyl (C=O) groups excluding carboxylic acids is 1. The van der Waals surface area contributed by atoms with Crippen LogP contribution in [0.2, 0.25) is 0 Å². The van der Waals surface area contributed by atoms with Crippen molar-refractivity contribution in [3.05, 3.63) is 72.3 Å². The van der Waals surface area contributed by atoms with Crippen LogP contribution in [0.5, 0.6) is 0 Å². The van der Waals surface area contributed by atoms with Gasteiger partial charge in [0.15, 0.2) is 5.69 Å². The Balaban J connectivity index is 1.43.